The zero-order valence-electron chi connectivity index (χ0n) is 12.5. The van der Waals surface area contributed by atoms with Gasteiger partial charge >= 0.3 is 0 Å². The predicted molar refractivity (Wildman–Crippen MR) is 88.4 cm³/mol. The molecule has 1 amide bonds. The highest BCUT2D eigenvalue weighted by Crippen LogP contribution is 2.12. The molecule has 114 valence electrons. The van der Waals surface area contributed by atoms with E-state index in [9.17, 15) is 4.79 Å². The minimum Gasteiger partial charge on any atom is -0.350 e. The highest BCUT2D eigenvalue weighted by atomic mass is 35.5. The lowest BCUT2D eigenvalue weighted by Gasteiger charge is -2.31. The molecule has 0 aliphatic carbocycles. The fourth-order valence-corrected chi connectivity index (χ4v) is 2.85. The lowest BCUT2D eigenvalue weighted by molar-refractivity contribution is -0.117. The molecule has 0 radical (unpaired) electrons. The van der Waals surface area contributed by atoms with Crippen molar-refractivity contribution in [2.24, 2.45) is 0 Å². The Hall–Kier alpha value is -1.32. The molecule has 1 N–H and O–H groups in total. The number of nitrogens with one attached hydrogen (secondary N) is 1. The Balaban J connectivity index is 1.77. The number of nitrogens with zero attached hydrogens (tertiary/aromatic N) is 1. The second-order valence-corrected chi connectivity index (χ2v) is 5.95. The Labute approximate surface area is 132 Å². The monoisotopic (exact) mass is 306 g/mol. The fraction of sp³-hybridized carbons (Fsp3) is 0.471. The number of halogens is 1. The maximum Gasteiger partial charge on any atom is 0.244 e. The first-order valence-corrected chi connectivity index (χ1v) is 8.01. The van der Waals surface area contributed by atoms with Gasteiger partial charge in [-0.1, -0.05) is 30.7 Å². The van der Waals surface area contributed by atoms with Crippen LogP contribution in [0.3, 0.4) is 0 Å². The molecule has 1 fully saturated rings. The van der Waals surface area contributed by atoms with Gasteiger partial charge in [-0.05, 0) is 49.6 Å². The van der Waals surface area contributed by atoms with Crippen molar-refractivity contribution in [3.63, 3.8) is 0 Å². The number of hydrogen-bond acceptors (Lipinski definition) is 2. The summed E-state index contributed by atoms with van der Waals surface area (Å²) in [6.45, 7) is 5.53. The van der Waals surface area contributed by atoms with Gasteiger partial charge in [0.2, 0.25) is 5.91 Å². The predicted octanol–water partition coefficient (Wildman–Crippen LogP) is 3.34. The SMILES string of the molecule is CCCN1CCC(NC(=O)/C=C/c2cccc(Cl)c2)CC1. The van der Waals surface area contributed by atoms with Gasteiger partial charge in [0.05, 0.1) is 0 Å². The lowest BCUT2D eigenvalue weighted by atomic mass is 10.0. The number of carbonyl (C=O) groups is 1. The Morgan fingerprint density at radius 3 is 2.86 bits per heavy atom. The Kier molecular flexibility index (Phi) is 6.27. The zero-order chi connectivity index (χ0) is 15.1. The maximum atomic E-state index is 11.9. The van der Waals surface area contributed by atoms with E-state index in [1.54, 1.807) is 12.2 Å². The molecule has 2 rings (SSSR count). The Bertz CT molecular complexity index is 493. The van der Waals surface area contributed by atoms with E-state index in [0.29, 0.717) is 11.1 Å². The third-order valence-corrected chi connectivity index (χ3v) is 3.98. The molecule has 3 nitrogen and oxygen atoms in total. The van der Waals surface area contributed by atoms with Gasteiger partial charge in [0.25, 0.3) is 0 Å². The molecule has 1 aromatic rings. The summed E-state index contributed by atoms with van der Waals surface area (Å²) in [5.74, 6) is -0.0242. The number of hydrogen-bond donors (Lipinski definition) is 1. The number of amides is 1. The van der Waals surface area contributed by atoms with Gasteiger partial charge in [-0.3, -0.25) is 4.79 Å². The highest BCUT2D eigenvalue weighted by molar-refractivity contribution is 6.30. The number of piperidine rings is 1. The molecule has 0 unspecified atom stereocenters. The van der Waals surface area contributed by atoms with Gasteiger partial charge in [-0.2, -0.15) is 0 Å². The van der Waals surface area contributed by atoms with E-state index in [4.69, 9.17) is 11.6 Å². The summed E-state index contributed by atoms with van der Waals surface area (Å²) < 4.78 is 0. The minimum atomic E-state index is -0.0242. The van der Waals surface area contributed by atoms with E-state index >= 15 is 0 Å². The van der Waals surface area contributed by atoms with E-state index in [0.717, 1.165) is 38.0 Å². The highest BCUT2D eigenvalue weighted by Gasteiger charge is 2.19. The standard InChI is InChI=1S/C17H23ClN2O/c1-2-10-20-11-8-16(9-12-20)19-17(21)7-6-14-4-3-5-15(18)13-14/h3-7,13,16H,2,8-12H2,1H3,(H,19,21)/b7-6+. The lowest BCUT2D eigenvalue weighted by Crippen LogP contribution is -2.44. The fourth-order valence-electron chi connectivity index (χ4n) is 2.65. The molecule has 1 aliphatic rings. The van der Waals surface area contributed by atoms with Crippen LogP contribution in [0.2, 0.25) is 5.02 Å². The van der Waals surface area contributed by atoms with Gasteiger partial charge in [-0.15, -0.1) is 0 Å². The summed E-state index contributed by atoms with van der Waals surface area (Å²) >= 11 is 5.92. The van der Waals surface area contributed by atoms with Crippen LogP contribution in [0, 0.1) is 0 Å². The van der Waals surface area contributed by atoms with Crippen LogP contribution in [0.5, 0.6) is 0 Å². The maximum absolute atomic E-state index is 11.9. The van der Waals surface area contributed by atoms with E-state index in [2.05, 4.69) is 17.1 Å². The molecule has 21 heavy (non-hydrogen) atoms. The van der Waals surface area contributed by atoms with Crippen molar-refractivity contribution in [1.82, 2.24) is 10.2 Å². The van der Waals surface area contributed by atoms with E-state index in [1.165, 1.54) is 6.42 Å². The average molecular weight is 307 g/mol. The molecule has 1 aromatic carbocycles. The molecular weight excluding hydrogens is 284 g/mol. The summed E-state index contributed by atoms with van der Waals surface area (Å²) in [7, 11) is 0. The number of carbonyl (C=O) groups excluding carboxylic acids is 1. The summed E-state index contributed by atoms with van der Waals surface area (Å²) in [5, 5.41) is 3.76. The van der Waals surface area contributed by atoms with Crippen LogP contribution in [0.4, 0.5) is 0 Å². The number of benzene rings is 1. The van der Waals surface area contributed by atoms with Gasteiger partial charge in [0, 0.05) is 30.2 Å². The molecule has 0 atom stereocenters. The first-order valence-electron chi connectivity index (χ1n) is 7.64. The van der Waals surface area contributed by atoms with Crippen molar-refractivity contribution < 1.29 is 4.79 Å². The normalized spacial score (nSPS) is 17.2. The number of rotatable bonds is 5. The summed E-state index contributed by atoms with van der Waals surface area (Å²) in [5.41, 5.74) is 0.940. The van der Waals surface area contributed by atoms with Crippen LogP contribution in [0.15, 0.2) is 30.3 Å². The van der Waals surface area contributed by atoms with Crippen LogP contribution in [0.25, 0.3) is 6.08 Å². The third kappa shape index (κ3) is 5.52. The van der Waals surface area contributed by atoms with Gasteiger partial charge in [0.15, 0.2) is 0 Å². The third-order valence-electron chi connectivity index (χ3n) is 3.75. The molecule has 4 heteroatoms. The smallest absolute Gasteiger partial charge is 0.244 e. The molecular formula is C17H23ClN2O. The van der Waals surface area contributed by atoms with Crippen LogP contribution >= 0.6 is 11.6 Å². The van der Waals surface area contributed by atoms with Crippen molar-refractivity contribution in [2.75, 3.05) is 19.6 Å². The summed E-state index contributed by atoms with van der Waals surface area (Å²) in [4.78, 5) is 14.4. The molecule has 1 heterocycles. The second kappa shape index (κ2) is 8.20. The van der Waals surface area contributed by atoms with Crippen LogP contribution in [-0.4, -0.2) is 36.5 Å². The first-order chi connectivity index (χ1) is 10.2. The summed E-state index contributed by atoms with van der Waals surface area (Å²) in [6, 6.07) is 7.77. The van der Waals surface area contributed by atoms with Crippen molar-refractivity contribution in [3.8, 4) is 0 Å². The van der Waals surface area contributed by atoms with Crippen molar-refractivity contribution in [1.29, 1.82) is 0 Å². The largest absolute Gasteiger partial charge is 0.350 e. The van der Waals surface area contributed by atoms with E-state index < -0.39 is 0 Å². The van der Waals surface area contributed by atoms with Crippen LogP contribution in [0.1, 0.15) is 31.7 Å². The zero-order valence-corrected chi connectivity index (χ0v) is 13.3. The van der Waals surface area contributed by atoms with Crippen molar-refractivity contribution in [2.45, 2.75) is 32.2 Å². The molecule has 0 bridgehead atoms. The quantitative estimate of drug-likeness (QED) is 0.846. The molecule has 1 aliphatic heterocycles. The Morgan fingerprint density at radius 2 is 2.19 bits per heavy atom. The molecule has 0 saturated carbocycles. The topological polar surface area (TPSA) is 32.3 Å². The molecule has 0 spiro atoms. The van der Waals surface area contributed by atoms with E-state index in [1.807, 2.05) is 24.3 Å². The van der Waals surface area contributed by atoms with Crippen LogP contribution in [-0.2, 0) is 4.79 Å². The van der Waals surface area contributed by atoms with Crippen molar-refractivity contribution >= 4 is 23.6 Å². The van der Waals surface area contributed by atoms with E-state index in [-0.39, 0.29) is 5.91 Å². The molecule has 0 aromatic heterocycles. The van der Waals surface area contributed by atoms with Gasteiger partial charge in [-0.25, -0.2) is 0 Å². The summed E-state index contributed by atoms with van der Waals surface area (Å²) in [6.07, 6.45) is 6.66. The number of likely N-dealkylation sites (tertiary alicyclic amines) is 1. The first kappa shape index (κ1) is 16.1. The Morgan fingerprint density at radius 1 is 1.43 bits per heavy atom. The minimum absolute atomic E-state index is 0.0242. The second-order valence-electron chi connectivity index (χ2n) is 5.51. The molecule has 1 saturated heterocycles. The van der Waals surface area contributed by atoms with Gasteiger partial charge < -0.3 is 10.2 Å². The van der Waals surface area contributed by atoms with Crippen LogP contribution < -0.4 is 5.32 Å². The van der Waals surface area contributed by atoms with Crippen molar-refractivity contribution in [3.05, 3.63) is 40.9 Å². The average Bonchev–Trinajstić information content (AvgIpc) is 2.48. The van der Waals surface area contributed by atoms with Gasteiger partial charge in [0.1, 0.15) is 0 Å².